The van der Waals surface area contributed by atoms with Crippen LogP contribution in [0.15, 0.2) is 47.1 Å². The Bertz CT molecular complexity index is 1040. The van der Waals surface area contributed by atoms with Crippen molar-refractivity contribution in [3.63, 3.8) is 0 Å². The summed E-state index contributed by atoms with van der Waals surface area (Å²) in [6, 6.07) is 6.64. The number of benzene rings is 1. The molecule has 4 rings (SSSR count). The lowest BCUT2D eigenvalue weighted by molar-refractivity contribution is -0.175. The largest absolute Gasteiger partial charge is 0.425 e. The van der Waals surface area contributed by atoms with E-state index in [2.05, 4.69) is 10.3 Å². The maximum absolute atomic E-state index is 14.6. The number of aromatic nitrogens is 1. The lowest BCUT2D eigenvalue weighted by atomic mass is 9.72. The van der Waals surface area contributed by atoms with Crippen molar-refractivity contribution in [1.82, 2.24) is 4.98 Å². The average Bonchev–Trinajstić information content (AvgIpc) is 3.20. The molecule has 0 bridgehead atoms. The zero-order valence-corrected chi connectivity index (χ0v) is 17.4. The van der Waals surface area contributed by atoms with Gasteiger partial charge in [-0.1, -0.05) is 31.5 Å². The van der Waals surface area contributed by atoms with Crippen LogP contribution in [0.5, 0.6) is 0 Å². The van der Waals surface area contributed by atoms with Crippen molar-refractivity contribution in [2.75, 3.05) is 10.2 Å². The monoisotopic (exact) mass is 435 g/mol. The first-order valence-corrected chi connectivity index (χ1v) is 10.3. The summed E-state index contributed by atoms with van der Waals surface area (Å²) in [5.41, 5.74) is -2.94. The zero-order chi connectivity index (χ0) is 21.9. The van der Waals surface area contributed by atoms with Gasteiger partial charge in [-0.3, -0.25) is 14.5 Å². The lowest BCUT2D eigenvalue weighted by Gasteiger charge is -2.35. The van der Waals surface area contributed by atoms with E-state index in [1.807, 2.05) is 20.8 Å². The van der Waals surface area contributed by atoms with Gasteiger partial charge in [-0.05, 0) is 30.9 Å². The lowest BCUT2D eigenvalue weighted by Crippen LogP contribution is -2.61. The normalized spacial score (nSPS) is 23.7. The second-order valence-corrected chi connectivity index (χ2v) is 9.34. The summed E-state index contributed by atoms with van der Waals surface area (Å²) >= 11 is 0.939. The first-order chi connectivity index (χ1) is 14.0. The predicted octanol–water partition coefficient (Wildman–Crippen LogP) is 4.85. The fourth-order valence-corrected chi connectivity index (χ4v) is 4.75. The number of nitrogens with one attached hydrogen (secondary N) is 1. The standard InChI is InChI=1S/C21H20F3N3O2S/c1-12-4-6-13(7-5-12)27-14-10-19(2,3)11-15(28)16(14)20(17(27)29,21(22,23)24)26-18-25-8-9-30-18/h4-9H,10-11H2,1-3H3,(H,25,26)/t20-/m1/s1. The molecule has 2 aromatic rings. The number of allylic oxidation sites excluding steroid dienone is 1. The first-order valence-electron chi connectivity index (χ1n) is 9.39. The zero-order valence-electron chi connectivity index (χ0n) is 16.6. The van der Waals surface area contributed by atoms with Crippen LogP contribution in [-0.2, 0) is 9.59 Å². The Balaban J connectivity index is 1.98. The van der Waals surface area contributed by atoms with E-state index in [-0.39, 0.29) is 23.7 Å². The molecule has 30 heavy (non-hydrogen) atoms. The molecule has 0 saturated carbocycles. The Morgan fingerprint density at radius 2 is 1.80 bits per heavy atom. The van der Waals surface area contributed by atoms with Crippen LogP contribution in [-0.4, -0.2) is 28.4 Å². The van der Waals surface area contributed by atoms with Gasteiger partial charge >= 0.3 is 6.18 Å². The summed E-state index contributed by atoms with van der Waals surface area (Å²) in [4.78, 5) is 31.5. The molecular weight excluding hydrogens is 415 g/mol. The van der Waals surface area contributed by atoms with Gasteiger partial charge in [-0.15, -0.1) is 11.3 Å². The van der Waals surface area contributed by atoms with Crippen LogP contribution >= 0.6 is 11.3 Å². The number of Topliss-reactive ketones (excluding diaryl/α,β-unsaturated/α-hetero) is 1. The summed E-state index contributed by atoms with van der Waals surface area (Å²) in [6.45, 7) is 5.47. The SMILES string of the molecule is Cc1ccc(N2C(=O)[C@@](Nc3nccs3)(C(F)(F)F)C3=C2CC(C)(C)CC3=O)cc1. The van der Waals surface area contributed by atoms with Gasteiger partial charge in [-0.2, -0.15) is 13.2 Å². The molecule has 1 amide bonds. The van der Waals surface area contributed by atoms with Crippen LogP contribution < -0.4 is 10.2 Å². The molecule has 2 aliphatic rings. The highest BCUT2D eigenvalue weighted by Gasteiger charge is 2.71. The number of hydrogen-bond donors (Lipinski definition) is 1. The summed E-state index contributed by atoms with van der Waals surface area (Å²) in [6.07, 6.45) is -3.61. The van der Waals surface area contributed by atoms with Gasteiger partial charge in [0, 0.05) is 29.4 Å². The van der Waals surface area contributed by atoms with E-state index < -0.39 is 34.4 Å². The number of nitrogens with zero attached hydrogens (tertiary/aromatic N) is 2. The summed E-state index contributed by atoms with van der Waals surface area (Å²) < 4.78 is 43.9. The molecule has 0 radical (unpaired) electrons. The van der Waals surface area contributed by atoms with Gasteiger partial charge in [0.05, 0.1) is 5.57 Å². The average molecular weight is 435 g/mol. The number of amides is 1. The van der Waals surface area contributed by atoms with Crippen LogP contribution in [0.2, 0.25) is 0 Å². The van der Waals surface area contributed by atoms with Gasteiger partial charge in [0.25, 0.3) is 5.91 Å². The molecule has 1 N–H and O–H groups in total. The Morgan fingerprint density at radius 3 is 2.37 bits per heavy atom. The first kappa shape index (κ1) is 20.6. The van der Waals surface area contributed by atoms with Crippen molar-refractivity contribution >= 4 is 33.8 Å². The third-order valence-electron chi connectivity index (χ3n) is 5.47. The smallest absolute Gasteiger partial charge is 0.336 e. The fourth-order valence-electron chi connectivity index (χ4n) is 4.16. The second-order valence-electron chi connectivity index (χ2n) is 8.45. The summed E-state index contributed by atoms with van der Waals surface area (Å²) in [5, 5.41) is 3.74. The summed E-state index contributed by atoms with van der Waals surface area (Å²) in [5.74, 6) is -1.91. The number of anilines is 2. The van der Waals surface area contributed by atoms with Crippen LogP contribution in [0, 0.1) is 12.3 Å². The maximum Gasteiger partial charge on any atom is 0.425 e. The highest BCUT2D eigenvalue weighted by Crippen LogP contribution is 2.54. The van der Waals surface area contributed by atoms with Crippen molar-refractivity contribution < 1.29 is 22.8 Å². The van der Waals surface area contributed by atoms with Gasteiger partial charge in [-0.25, -0.2) is 4.98 Å². The number of thiazole rings is 1. The third kappa shape index (κ3) is 3.03. The molecule has 1 aliphatic heterocycles. The molecular formula is C21H20F3N3O2S. The van der Waals surface area contributed by atoms with Crippen molar-refractivity contribution in [1.29, 1.82) is 0 Å². The number of alkyl halides is 3. The van der Waals surface area contributed by atoms with Crippen LogP contribution in [0.4, 0.5) is 24.0 Å². The Labute approximate surface area is 175 Å². The number of ketones is 1. The topological polar surface area (TPSA) is 62.3 Å². The molecule has 0 unspecified atom stereocenters. The number of halogens is 3. The van der Waals surface area contributed by atoms with Crippen molar-refractivity contribution in [3.05, 3.63) is 52.7 Å². The van der Waals surface area contributed by atoms with Gasteiger partial charge in [0.1, 0.15) is 0 Å². The maximum atomic E-state index is 14.6. The molecule has 158 valence electrons. The van der Waals surface area contributed by atoms with Crippen LogP contribution in [0.1, 0.15) is 32.3 Å². The fraction of sp³-hybridized carbons (Fsp3) is 0.381. The minimum Gasteiger partial charge on any atom is -0.336 e. The highest BCUT2D eigenvalue weighted by atomic mass is 32.1. The number of hydrogen-bond acceptors (Lipinski definition) is 5. The highest BCUT2D eigenvalue weighted by molar-refractivity contribution is 7.13. The van der Waals surface area contributed by atoms with Crippen LogP contribution in [0.3, 0.4) is 0 Å². The molecule has 1 atom stereocenters. The molecule has 0 fully saturated rings. The van der Waals surface area contributed by atoms with E-state index in [9.17, 15) is 22.8 Å². The number of aryl methyl sites for hydroxylation is 1. The second kappa shape index (κ2) is 6.66. The molecule has 5 nitrogen and oxygen atoms in total. The van der Waals surface area contributed by atoms with Gasteiger partial charge in [0.2, 0.25) is 5.54 Å². The third-order valence-corrected chi connectivity index (χ3v) is 6.15. The Kier molecular flexibility index (Phi) is 4.57. The molecule has 1 aliphatic carbocycles. The van der Waals surface area contributed by atoms with Gasteiger partial charge < -0.3 is 5.32 Å². The van der Waals surface area contributed by atoms with Gasteiger partial charge in [0.15, 0.2) is 10.9 Å². The predicted molar refractivity (Wildman–Crippen MR) is 108 cm³/mol. The molecule has 1 aromatic carbocycles. The van der Waals surface area contributed by atoms with Crippen molar-refractivity contribution in [2.24, 2.45) is 5.41 Å². The van der Waals surface area contributed by atoms with E-state index in [1.165, 1.54) is 11.6 Å². The molecule has 0 spiro atoms. The van der Waals surface area contributed by atoms with E-state index in [0.717, 1.165) is 21.8 Å². The van der Waals surface area contributed by atoms with E-state index in [1.54, 1.807) is 24.3 Å². The molecule has 2 heterocycles. The molecule has 1 aromatic heterocycles. The van der Waals surface area contributed by atoms with Crippen molar-refractivity contribution in [2.45, 2.75) is 45.3 Å². The van der Waals surface area contributed by atoms with E-state index >= 15 is 0 Å². The van der Waals surface area contributed by atoms with Crippen molar-refractivity contribution in [3.8, 4) is 0 Å². The minimum atomic E-state index is -5.05. The van der Waals surface area contributed by atoms with E-state index in [4.69, 9.17) is 0 Å². The number of carbonyl (C=O) groups is 2. The minimum absolute atomic E-state index is 0.0712. The quantitative estimate of drug-likeness (QED) is 0.748. The number of carbonyl (C=O) groups excluding carboxylic acids is 2. The Morgan fingerprint density at radius 1 is 1.13 bits per heavy atom. The number of rotatable bonds is 3. The van der Waals surface area contributed by atoms with E-state index in [0.29, 0.717) is 5.69 Å². The van der Waals surface area contributed by atoms with Crippen LogP contribution in [0.25, 0.3) is 0 Å². The summed E-state index contributed by atoms with van der Waals surface area (Å²) in [7, 11) is 0. The molecule has 0 saturated heterocycles. The Hall–Kier alpha value is -2.68. The molecule has 9 heteroatoms.